The zero-order valence-electron chi connectivity index (χ0n) is 6.07. The van der Waals surface area contributed by atoms with Gasteiger partial charge in [-0.1, -0.05) is 33.3 Å². The summed E-state index contributed by atoms with van der Waals surface area (Å²) >= 11 is 0. The minimum absolute atomic E-state index is 0.349. The first-order chi connectivity index (χ1) is 3.62. The molecule has 0 saturated carbocycles. The molecule has 0 bridgehead atoms. The third kappa shape index (κ3) is 2.84. The molecule has 0 aromatic rings. The second-order valence-corrected chi connectivity index (χ2v) is 2.74. The van der Waals surface area contributed by atoms with Gasteiger partial charge < -0.3 is 0 Å². The summed E-state index contributed by atoms with van der Waals surface area (Å²) in [6.07, 6.45) is 5.18. The first-order valence-electron chi connectivity index (χ1n) is 3.09. The van der Waals surface area contributed by atoms with Gasteiger partial charge in [0.25, 0.3) is 0 Å². The normalized spacial score (nSPS) is 11.4. The van der Waals surface area contributed by atoms with Crippen LogP contribution in [-0.4, -0.2) is 0 Å². The van der Waals surface area contributed by atoms with Crippen molar-refractivity contribution >= 4 is 0 Å². The molecule has 0 nitrogen and oxygen atoms in total. The van der Waals surface area contributed by atoms with E-state index in [1.165, 1.54) is 6.42 Å². The Balaban J connectivity index is 3.53. The Morgan fingerprint density at radius 3 is 2.12 bits per heavy atom. The van der Waals surface area contributed by atoms with Crippen LogP contribution in [0, 0.1) is 11.8 Å². The monoisotopic (exact) mass is 111 g/mol. The number of hydrogen-bond acceptors (Lipinski definition) is 0. The molecular formula is C8H15. The lowest BCUT2D eigenvalue weighted by Crippen LogP contribution is -2.07. The van der Waals surface area contributed by atoms with Gasteiger partial charge in [0.05, 0.1) is 0 Å². The van der Waals surface area contributed by atoms with Crippen LogP contribution in [-0.2, 0) is 0 Å². The van der Waals surface area contributed by atoms with E-state index in [2.05, 4.69) is 33.8 Å². The first kappa shape index (κ1) is 7.74. The molecule has 0 saturated heterocycles. The van der Waals surface area contributed by atoms with Crippen molar-refractivity contribution in [3.8, 4) is 0 Å². The predicted octanol–water partition coefficient (Wildman–Crippen LogP) is 2.81. The van der Waals surface area contributed by atoms with E-state index < -0.39 is 0 Å². The first-order valence-corrected chi connectivity index (χ1v) is 3.09. The Kier molecular flexibility index (Phi) is 2.81. The SMILES string of the molecule is C=C[CH]C(C)(C)CC. The predicted molar refractivity (Wildman–Crippen MR) is 38.6 cm³/mol. The summed E-state index contributed by atoms with van der Waals surface area (Å²) in [5.74, 6) is 0. The van der Waals surface area contributed by atoms with Crippen molar-refractivity contribution in [3.05, 3.63) is 19.1 Å². The van der Waals surface area contributed by atoms with Gasteiger partial charge in [-0.25, -0.2) is 0 Å². The zero-order valence-corrected chi connectivity index (χ0v) is 6.07. The standard InChI is InChI=1S/C8H15/c1-5-7-8(3,4)6-2/h5,7H,1,6H2,2-4H3. The molecule has 0 atom stereocenters. The summed E-state index contributed by atoms with van der Waals surface area (Å²) < 4.78 is 0. The third-order valence-corrected chi connectivity index (χ3v) is 1.48. The van der Waals surface area contributed by atoms with Gasteiger partial charge in [-0.15, -0.1) is 6.58 Å². The lowest BCUT2D eigenvalue weighted by Gasteiger charge is -2.18. The molecule has 0 aliphatic heterocycles. The summed E-state index contributed by atoms with van der Waals surface area (Å²) in [5, 5.41) is 0. The molecule has 0 aromatic carbocycles. The van der Waals surface area contributed by atoms with Gasteiger partial charge in [-0.05, 0) is 11.8 Å². The van der Waals surface area contributed by atoms with Crippen molar-refractivity contribution in [2.24, 2.45) is 5.41 Å². The molecule has 0 spiro atoms. The Morgan fingerprint density at radius 2 is 2.00 bits per heavy atom. The second kappa shape index (κ2) is 2.91. The maximum Gasteiger partial charge on any atom is -0.0117 e. The van der Waals surface area contributed by atoms with Crippen LogP contribution in [0.1, 0.15) is 27.2 Å². The largest absolute Gasteiger partial charge is 0.103 e. The molecule has 0 heterocycles. The van der Waals surface area contributed by atoms with Crippen molar-refractivity contribution < 1.29 is 0 Å². The molecule has 8 heavy (non-hydrogen) atoms. The molecule has 0 rings (SSSR count). The van der Waals surface area contributed by atoms with Gasteiger partial charge in [0.1, 0.15) is 0 Å². The van der Waals surface area contributed by atoms with Gasteiger partial charge in [0.15, 0.2) is 0 Å². The maximum atomic E-state index is 3.64. The molecule has 0 aromatic heterocycles. The van der Waals surface area contributed by atoms with E-state index in [9.17, 15) is 0 Å². The van der Waals surface area contributed by atoms with Crippen molar-refractivity contribution in [2.75, 3.05) is 0 Å². The molecule has 1 radical (unpaired) electrons. The van der Waals surface area contributed by atoms with Crippen LogP contribution in [0.3, 0.4) is 0 Å². The van der Waals surface area contributed by atoms with E-state index >= 15 is 0 Å². The minimum atomic E-state index is 0.349. The highest BCUT2D eigenvalue weighted by Crippen LogP contribution is 2.22. The lowest BCUT2D eigenvalue weighted by atomic mass is 9.87. The molecular weight excluding hydrogens is 96.1 g/mol. The molecule has 0 fully saturated rings. The van der Waals surface area contributed by atoms with Crippen LogP contribution in [0.25, 0.3) is 0 Å². The van der Waals surface area contributed by atoms with Gasteiger partial charge in [0, 0.05) is 0 Å². The summed E-state index contributed by atoms with van der Waals surface area (Å²) in [7, 11) is 0. The zero-order chi connectivity index (χ0) is 6.62. The van der Waals surface area contributed by atoms with E-state index in [4.69, 9.17) is 0 Å². The number of rotatable bonds is 3. The maximum absolute atomic E-state index is 3.64. The Labute approximate surface area is 52.6 Å². The molecule has 0 aliphatic rings. The van der Waals surface area contributed by atoms with E-state index in [0.29, 0.717) is 5.41 Å². The Morgan fingerprint density at radius 1 is 1.50 bits per heavy atom. The van der Waals surface area contributed by atoms with Crippen LogP contribution in [0.5, 0.6) is 0 Å². The van der Waals surface area contributed by atoms with Crippen LogP contribution < -0.4 is 0 Å². The summed E-state index contributed by atoms with van der Waals surface area (Å²) in [6, 6.07) is 0. The van der Waals surface area contributed by atoms with Crippen LogP contribution >= 0.6 is 0 Å². The highest BCUT2D eigenvalue weighted by molar-refractivity contribution is 4.97. The van der Waals surface area contributed by atoms with Crippen molar-refractivity contribution in [1.82, 2.24) is 0 Å². The molecule has 47 valence electrons. The fourth-order valence-electron chi connectivity index (χ4n) is 0.437. The average molecular weight is 111 g/mol. The highest BCUT2D eigenvalue weighted by Gasteiger charge is 2.11. The van der Waals surface area contributed by atoms with Crippen molar-refractivity contribution in [2.45, 2.75) is 27.2 Å². The van der Waals surface area contributed by atoms with Gasteiger partial charge in [-0.2, -0.15) is 0 Å². The van der Waals surface area contributed by atoms with E-state index in [-0.39, 0.29) is 0 Å². The molecule has 0 heteroatoms. The molecule has 0 unspecified atom stereocenters. The fourth-order valence-corrected chi connectivity index (χ4v) is 0.437. The molecule has 0 amide bonds. The van der Waals surface area contributed by atoms with Gasteiger partial charge >= 0.3 is 0 Å². The van der Waals surface area contributed by atoms with E-state index in [1.54, 1.807) is 0 Å². The Bertz CT molecular complexity index is 70.1. The van der Waals surface area contributed by atoms with Crippen molar-refractivity contribution in [3.63, 3.8) is 0 Å². The molecule has 0 N–H and O–H groups in total. The fraction of sp³-hybridized carbons (Fsp3) is 0.625. The van der Waals surface area contributed by atoms with Crippen LogP contribution in [0.2, 0.25) is 0 Å². The van der Waals surface area contributed by atoms with Gasteiger partial charge in [0.2, 0.25) is 0 Å². The smallest absolute Gasteiger partial charge is 0.0117 e. The Hall–Kier alpha value is -0.260. The van der Waals surface area contributed by atoms with Gasteiger partial charge in [-0.3, -0.25) is 0 Å². The molecule has 0 aliphatic carbocycles. The lowest BCUT2D eigenvalue weighted by molar-refractivity contribution is 0.433. The summed E-state index contributed by atoms with van der Waals surface area (Å²) in [4.78, 5) is 0. The quantitative estimate of drug-likeness (QED) is 0.525. The summed E-state index contributed by atoms with van der Waals surface area (Å²) in [5.41, 5.74) is 0.349. The number of allylic oxidation sites excluding steroid dienone is 1. The second-order valence-electron chi connectivity index (χ2n) is 2.74. The topological polar surface area (TPSA) is 0 Å². The third-order valence-electron chi connectivity index (χ3n) is 1.48. The van der Waals surface area contributed by atoms with E-state index in [0.717, 1.165) is 0 Å². The highest BCUT2D eigenvalue weighted by atomic mass is 14.2. The average Bonchev–Trinajstić information content (AvgIpc) is 1.67. The van der Waals surface area contributed by atoms with E-state index in [1.807, 2.05) is 6.08 Å². The van der Waals surface area contributed by atoms with Crippen LogP contribution in [0.4, 0.5) is 0 Å². The summed E-state index contributed by atoms with van der Waals surface area (Å²) in [6.45, 7) is 10.2. The number of hydrogen-bond donors (Lipinski definition) is 0. The minimum Gasteiger partial charge on any atom is -0.103 e. The van der Waals surface area contributed by atoms with Crippen molar-refractivity contribution in [1.29, 1.82) is 0 Å². The van der Waals surface area contributed by atoms with Crippen LogP contribution in [0.15, 0.2) is 12.7 Å².